The van der Waals surface area contributed by atoms with Gasteiger partial charge in [-0.3, -0.25) is 4.79 Å². The molecule has 0 unspecified atom stereocenters. The van der Waals surface area contributed by atoms with Crippen LogP contribution in [0.5, 0.6) is 0 Å². The van der Waals surface area contributed by atoms with E-state index >= 15 is 0 Å². The van der Waals surface area contributed by atoms with Gasteiger partial charge in [-0.2, -0.15) is 4.98 Å². The van der Waals surface area contributed by atoms with Crippen LogP contribution in [0.25, 0.3) is 0 Å². The van der Waals surface area contributed by atoms with Gasteiger partial charge in [-0.1, -0.05) is 23.4 Å². The van der Waals surface area contributed by atoms with Gasteiger partial charge in [0.25, 0.3) is 0 Å². The zero-order valence-electron chi connectivity index (χ0n) is 10.7. The molecule has 19 heavy (non-hydrogen) atoms. The number of anilines is 1. The molecule has 1 aromatic heterocycles. The summed E-state index contributed by atoms with van der Waals surface area (Å²) in [5, 5.41) is 6.55. The minimum atomic E-state index is -0.0712. The van der Waals surface area contributed by atoms with Crippen molar-refractivity contribution in [1.82, 2.24) is 15.5 Å². The van der Waals surface area contributed by atoms with Crippen molar-refractivity contribution in [3.8, 4) is 0 Å². The van der Waals surface area contributed by atoms with Crippen molar-refractivity contribution in [1.29, 1.82) is 0 Å². The smallest absolute Gasteiger partial charge is 0.224 e. The average molecular weight is 260 g/mol. The highest BCUT2D eigenvalue weighted by molar-refractivity contribution is 5.80. The molecule has 1 heterocycles. The highest BCUT2D eigenvalue weighted by Crippen LogP contribution is 2.10. The Kier molecular flexibility index (Phi) is 4.12. The van der Waals surface area contributed by atoms with Crippen molar-refractivity contribution in [2.75, 3.05) is 12.3 Å². The number of aromatic nitrogens is 2. The molecule has 6 heteroatoms. The molecule has 2 rings (SSSR count). The van der Waals surface area contributed by atoms with E-state index in [0.717, 1.165) is 5.56 Å². The normalized spacial score (nSPS) is 10.4. The molecule has 3 N–H and O–H groups in total. The van der Waals surface area contributed by atoms with Gasteiger partial charge < -0.3 is 15.6 Å². The minimum Gasteiger partial charge on any atom is -0.398 e. The molecule has 2 aromatic rings. The first kappa shape index (κ1) is 13.1. The zero-order chi connectivity index (χ0) is 13.7. The molecule has 0 aliphatic rings. The SMILES string of the molecule is Cc1nc(CCNC(=O)Cc2ccccc2N)no1. The van der Waals surface area contributed by atoms with Crippen molar-refractivity contribution in [3.63, 3.8) is 0 Å². The van der Waals surface area contributed by atoms with Gasteiger partial charge in [0, 0.05) is 25.6 Å². The average Bonchev–Trinajstić information content (AvgIpc) is 2.78. The second kappa shape index (κ2) is 5.99. The van der Waals surface area contributed by atoms with E-state index in [-0.39, 0.29) is 12.3 Å². The predicted molar refractivity (Wildman–Crippen MR) is 70.3 cm³/mol. The van der Waals surface area contributed by atoms with Gasteiger partial charge in [0.15, 0.2) is 5.82 Å². The molecule has 0 spiro atoms. The van der Waals surface area contributed by atoms with E-state index in [1.165, 1.54) is 0 Å². The predicted octanol–water partition coefficient (Wildman–Crippen LogP) is 0.862. The molecule has 6 nitrogen and oxygen atoms in total. The van der Waals surface area contributed by atoms with Crippen LogP contribution in [0.1, 0.15) is 17.3 Å². The van der Waals surface area contributed by atoms with Crippen LogP contribution in [0.2, 0.25) is 0 Å². The molecule has 0 saturated heterocycles. The fourth-order valence-electron chi connectivity index (χ4n) is 1.69. The Hall–Kier alpha value is -2.37. The van der Waals surface area contributed by atoms with Crippen LogP contribution < -0.4 is 11.1 Å². The molecule has 1 aromatic carbocycles. The first-order valence-electron chi connectivity index (χ1n) is 6.04. The van der Waals surface area contributed by atoms with Gasteiger partial charge in [0.05, 0.1) is 6.42 Å². The quantitative estimate of drug-likeness (QED) is 0.778. The van der Waals surface area contributed by atoms with Crippen LogP contribution in [0.4, 0.5) is 5.69 Å². The Bertz CT molecular complexity index is 565. The first-order valence-corrected chi connectivity index (χ1v) is 6.04. The highest BCUT2D eigenvalue weighted by atomic mass is 16.5. The van der Waals surface area contributed by atoms with Crippen molar-refractivity contribution in [2.45, 2.75) is 19.8 Å². The number of hydrogen-bond acceptors (Lipinski definition) is 5. The lowest BCUT2D eigenvalue weighted by Crippen LogP contribution is -2.27. The van der Waals surface area contributed by atoms with E-state index in [1.807, 2.05) is 18.2 Å². The van der Waals surface area contributed by atoms with Crippen LogP contribution in [0.3, 0.4) is 0 Å². The standard InChI is InChI=1S/C13H16N4O2/c1-9-16-12(17-19-9)6-7-15-13(18)8-10-4-2-3-5-11(10)14/h2-5H,6-8,14H2,1H3,(H,15,18). The number of nitrogens with zero attached hydrogens (tertiary/aromatic N) is 2. The summed E-state index contributed by atoms with van der Waals surface area (Å²) >= 11 is 0. The molecule has 0 fully saturated rings. The van der Waals surface area contributed by atoms with Gasteiger partial charge in [-0.15, -0.1) is 0 Å². The van der Waals surface area contributed by atoms with Gasteiger partial charge >= 0.3 is 0 Å². The van der Waals surface area contributed by atoms with E-state index in [0.29, 0.717) is 30.4 Å². The topological polar surface area (TPSA) is 94.0 Å². The van der Waals surface area contributed by atoms with Gasteiger partial charge in [-0.05, 0) is 11.6 Å². The number of rotatable bonds is 5. The molecule has 0 saturated carbocycles. The maximum absolute atomic E-state index is 11.7. The number of aryl methyl sites for hydroxylation is 1. The Morgan fingerprint density at radius 1 is 1.42 bits per heavy atom. The van der Waals surface area contributed by atoms with Crippen LogP contribution >= 0.6 is 0 Å². The monoisotopic (exact) mass is 260 g/mol. The van der Waals surface area contributed by atoms with Crippen LogP contribution in [0.15, 0.2) is 28.8 Å². The Morgan fingerprint density at radius 2 is 2.21 bits per heavy atom. The number of benzene rings is 1. The molecule has 0 atom stereocenters. The molecule has 0 aliphatic carbocycles. The third-order valence-corrected chi connectivity index (χ3v) is 2.65. The van der Waals surface area contributed by atoms with E-state index in [2.05, 4.69) is 15.5 Å². The fraction of sp³-hybridized carbons (Fsp3) is 0.308. The minimum absolute atomic E-state index is 0.0712. The maximum atomic E-state index is 11.7. The number of carbonyl (C=O) groups excluding carboxylic acids is 1. The molecule has 0 bridgehead atoms. The summed E-state index contributed by atoms with van der Waals surface area (Å²) in [7, 11) is 0. The van der Waals surface area contributed by atoms with E-state index in [1.54, 1.807) is 13.0 Å². The summed E-state index contributed by atoms with van der Waals surface area (Å²) in [6.45, 7) is 2.21. The number of nitrogens with two attached hydrogens (primary N) is 1. The number of nitrogen functional groups attached to an aromatic ring is 1. The van der Waals surface area contributed by atoms with E-state index in [4.69, 9.17) is 10.3 Å². The molecule has 100 valence electrons. The van der Waals surface area contributed by atoms with Gasteiger partial charge in [-0.25, -0.2) is 0 Å². The summed E-state index contributed by atoms with van der Waals surface area (Å²) < 4.78 is 4.84. The molecule has 1 amide bonds. The highest BCUT2D eigenvalue weighted by Gasteiger charge is 2.07. The zero-order valence-corrected chi connectivity index (χ0v) is 10.7. The summed E-state index contributed by atoms with van der Waals surface area (Å²) in [5.74, 6) is 1.05. The molecule has 0 radical (unpaired) electrons. The van der Waals surface area contributed by atoms with Crippen molar-refractivity contribution in [3.05, 3.63) is 41.5 Å². The third-order valence-electron chi connectivity index (χ3n) is 2.65. The lowest BCUT2D eigenvalue weighted by molar-refractivity contribution is -0.120. The lowest BCUT2D eigenvalue weighted by Gasteiger charge is -2.06. The van der Waals surface area contributed by atoms with Gasteiger partial charge in [0.2, 0.25) is 11.8 Å². The summed E-state index contributed by atoms with van der Waals surface area (Å²) in [6.07, 6.45) is 0.825. The molecular weight excluding hydrogens is 244 g/mol. The first-order chi connectivity index (χ1) is 9.15. The van der Waals surface area contributed by atoms with Crippen molar-refractivity contribution in [2.24, 2.45) is 0 Å². The van der Waals surface area contributed by atoms with E-state index in [9.17, 15) is 4.79 Å². The summed E-state index contributed by atoms with van der Waals surface area (Å²) in [6, 6.07) is 7.33. The van der Waals surface area contributed by atoms with Gasteiger partial charge in [0.1, 0.15) is 0 Å². The third kappa shape index (κ3) is 3.80. The summed E-state index contributed by atoms with van der Waals surface area (Å²) in [5.41, 5.74) is 7.24. The molecule has 0 aliphatic heterocycles. The fourth-order valence-corrected chi connectivity index (χ4v) is 1.69. The Labute approximate surface area is 111 Å². The Morgan fingerprint density at radius 3 is 2.89 bits per heavy atom. The van der Waals surface area contributed by atoms with Crippen LogP contribution in [-0.2, 0) is 17.6 Å². The Balaban J connectivity index is 1.77. The second-order valence-electron chi connectivity index (χ2n) is 4.21. The lowest BCUT2D eigenvalue weighted by atomic mass is 10.1. The second-order valence-corrected chi connectivity index (χ2v) is 4.21. The number of hydrogen-bond donors (Lipinski definition) is 2. The maximum Gasteiger partial charge on any atom is 0.224 e. The van der Waals surface area contributed by atoms with E-state index < -0.39 is 0 Å². The van der Waals surface area contributed by atoms with Crippen LogP contribution in [0, 0.1) is 6.92 Å². The number of carbonyl (C=O) groups is 1. The number of para-hydroxylation sites is 1. The molecular formula is C13H16N4O2. The number of nitrogens with one attached hydrogen (secondary N) is 1. The largest absolute Gasteiger partial charge is 0.398 e. The van der Waals surface area contributed by atoms with Crippen molar-refractivity contribution < 1.29 is 9.32 Å². The number of amides is 1. The summed E-state index contributed by atoms with van der Waals surface area (Å²) in [4.78, 5) is 15.8. The van der Waals surface area contributed by atoms with Crippen molar-refractivity contribution >= 4 is 11.6 Å². The van der Waals surface area contributed by atoms with Crippen LogP contribution in [-0.4, -0.2) is 22.6 Å².